The predicted molar refractivity (Wildman–Crippen MR) is 105 cm³/mol. The number of amides is 2. The number of benzene rings is 2. The zero-order chi connectivity index (χ0) is 18.9. The van der Waals surface area contributed by atoms with Gasteiger partial charge in [0.25, 0.3) is 5.91 Å². The number of carbonyl (C=O) groups excluding carboxylic acids is 2. The molecule has 7 heteroatoms. The number of carbonyl (C=O) groups is 2. The number of hydrogen-bond donors (Lipinski definition) is 3. The Morgan fingerprint density at radius 2 is 1.73 bits per heavy atom. The second-order valence-corrected chi connectivity index (χ2v) is 5.75. The molecule has 2 rings (SSSR count). The lowest BCUT2D eigenvalue weighted by Gasteiger charge is -2.11. The molecule has 6 nitrogen and oxygen atoms in total. The summed E-state index contributed by atoms with van der Waals surface area (Å²) in [7, 11) is 1.48. The third kappa shape index (κ3) is 5.71. The van der Waals surface area contributed by atoms with Crippen molar-refractivity contribution in [3.8, 4) is 5.75 Å². The molecule has 26 heavy (non-hydrogen) atoms. The van der Waals surface area contributed by atoms with Gasteiger partial charge in [-0.2, -0.15) is 0 Å². The number of para-hydroxylation sites is 1. The molecule has 0 heterocycles. The summed E-state index contributed by atoms with van der Waals surface area (Å²) in [6.07, 6.45) is 3.03. The van der Waals surface area contributed by atoms with Crippen LogP contribution in [0.5, 0.6) is 5.75 Å². The molecule has 0 fully saturated rings. The molecule has 0 unspecified atom stereocenters. The average molecular weight is 369 g/mol. The van der Waals surface area contributed by atoms with Crippen LogP contribution in [0, 0.1) is 6.92 Å². The maximum absolute atomic E-state index is 12.1. The second-order valence-electron chi connectivity index (χ2n) is 5.34. The van der Waals surface area contributed by atoms with E-state index in [0.29, 0.717) is 11.3 Å². The molecule has 0 aromatic heterocycles. The Morgan fingerprint density at radius 1 is 1.04 bits per heavy atom. The van der Waals surface area contributed by atoms with Gasteiger partial charge in [0, 0.05) is 6.08 Å². The largest absolute Gasteiger partial charge is 0.496 e. The van der Waals surface area contributed by atoms with E-state index < -0.39 is 11.8 Å². The minimum atomic E-state index is -0.436. The number of rotatable bonds is 4. The van der Waals surface area contributed by atoms with Gasteiger partial charge in [-0.05, 0) is 42.9 Å². The van der Waals surface area contributed by atoms with Gasteiger partial charge in [-0.3, -0.25) is 25.8 Å². The number of aryl methyl sites for hydroxylation is 1. The Bertz CT molecular complexity index is 832. The van der Waals surface area contributed by atoms with E-state index in [2.05, 4.69) is 16.2 Å². The zero-order valence-electron chi connectivity index (χ0n) is 14.4. The minimum absolute atomic E-state index is 0.0215. The van der Waals surface area contributed by atoms with Crippen molar-refractivity contribution in [2.24, 2.45) is 0 Å². The molecule has 0 aliphatic heterocycles. The summed E-state index contributed by atoms with van der Waals surface area (Å²) in [5.41, 5.74) is 7.27. The standard InChI is InChI=1S/C19H19N3O3S/c1-13-7-9-14(10-8-13)11-12-17(23)20-19(26)22-21-18(24)15-5-3-4-6-16(15)25-2/h3-12H,1-2H3,(H,21,24)(H2,20,22,23,26)/b12-11+. The maximum Gasteiger partial charge on any atom is 0.273 e. The van der Waals surface area contributed by atoms with Gasteiger partial charge in [0.1, 0.15) is 5.75 Å². The summed E-state index contributed by atoms with van der Waals surface area (Å²) >= 11 is 4.98. The van der Waals surface area contributed by atoms with Gasteiger partial charge in [-0.15, -0.1) is 0 Å². The molecule has 0 atom stereocenters. The van der Waals surface area contributed by atoms with Gasteiger partial charge in [-0.1, -0.05) is 42.0 Å². The summed E-state index contributed by atoms with van der Waals surface area (Å²) in [4.78, 5) is 24.0. The van der Waals surface area contributed by atoms with E-state index in [-0.39, 0.29) is 5.11 Å². The molecule has 0 bridgehead atoms. The molecule has 3 N–H and O–H groups in total. The van der Waals surface area contributed by atoms with Crippen LogP contribution >= 0.6 is 12.2 Å². The second kappa shape index (κ2) is 9.33. The van der Waals surface area contributed by atoms with Crippen molar-refractivity contribution in [2.45, 2.75) is 6.92 Å². The van der Waals surface area contributed by atoms with E-state index >= 15 is 0 Å². The first-order chi connectivity index (χ1) is 12.5. The fraction of sp³-hybridized carbons (Fsp3) is 0.105. The van der Waals surface area contributed by atoms with Crippen LogP contribution in [0.15, 0.2) is 54.6 Å². The zero-order valence-corrected chi connectivity index (χ0v) is 15.2. The Morgan fingerprint density at radius 3 is 2.42 bits per heavy atom. The molecule has 0 aliphatic rings. The van der Waals surface area contributed by atoms with E-state index in [1.807, 2.05) is 31.2 Å². The molecule has 0 saturated heterocycles. The minimum Gasteiger partial charge on any atom is -0.496 e. The predicted octanol–water partition coefficient (Wildman–Crippen LogP) is 2.35. The highest BCUT2D eigenvalue weighted by Crippen LogP contribution is 2.16. The lowest BCUT2D eigenvalue weighted by Crippen LogP contribution is -2.48. The van der Waals surface area contributed by atoms with Crippen LogP contribution in [0.1, 0.15) is 21.5 Å². The highest BCUT2D eigenvalue weighted by atomic mass is 32.1. The molecule has 0 radical (unpaired) electrons. The molecule has 0 aliphatic carbocycles. The van der Waals surface area contributed by atoms with Crippen molar-refractivity contribution in [3.63, 3.8) is 0 Å². The quantitative estimate of drug-likeness (QED) is 0.438. The lowest BCUT2D eigenvalue weighted by atomic mass is 10.1. The first kappa shape index (κ1) is 19.1. The monoisotopic (exact) mass is 369 g/mol. The summed E-state index contributed by atoms with van der Waals surface area (Å²) < 4.78 is 5.12. The Labute approximate surface area is 157 Å². The molecular weight excluding hydrogens is 350 g/mol. The van der Waals surface area contributed by atoms with E-state index in [0.717, 1.165) is 11.1 Å². The van der Waals surface area contributed by atoms with Crippen LogP contribution in [0.4, 0.5) is 0 Å². The van der Waals surface area contributed by atoms with Crippen LogP contribution in [0.3, 0.4) is 0 Å². The molecule has 134 valence electrons. The number of ether oxygens (including phenoxy) is 1. The van der Waals surface area contributed by atoms with Crippen molar-refractivity contribution >= 4 is 35.2 Å². The number of hydrazine groups is 1. The first-order valence-electron chi connectivity index (χ1n) is 7.78. The van der Waals surface area contributed by atoms with Crippen molar-refractivity contribution in [2.75, 3.05) is 7.11 Å². The smallest absolute Gasteiger partial charge is 0.273 e. The summed E-state index contributed by atoms with van der Waals surface area (Å²) in [5, 5.41) is 2.42. The van der Waals surface area contributed by atoms with Crippen LogP contribution < -0.4 is 20.9 Å². The van der Waals surface area contributed by atoms with E-state index in [9.17, 15) is 9.59 Å². The van der Waals surface area contributed by atoms with Gasteiger partial charge >= 0.3 is 0 Å². The highest BCUT2D eigenvalue weighted by molar-refractivity contribution is 7.80. The van der Waals surface area contributed by atoms with Gasteiger partial charge in [0.05, 0.1) is 12.7 Å². The normalized spacial score (nSPS) is 10.2. The van der Waals surface area contributed by atoms with Crippen LogP contribution in [-0.2, 0) is 4.79 Å². The SMILES string of the molecule is COc1ccccc1C(=O)NNC(=S)NC(=O)/C=C/c1ccc(C)cc1. The number of thiocarbonyl (C=S) groups is 1. The Balaban J connectivity index is 1.83. The van der Waals surface area contributed by atoms with Gasteiger partial charge in [-0.25, -0.2) is 0 Å². The average Bonchev–Trinajstić information content (AvgIpc) is 2.65. The van der Waals surface area contributed by atoms with Crippen LogP contribution in [0.2, 0.25) is 0 Å². The molecule has 2 amide bonds. The molecule has 0 saturated carbocycles. The Kier molecular flexibility index (Phi) is 6.87. The lowest BCUT2D eigenvalue weighted by molar-refractivity contribution is -0.115. The third-order valence-corrected chi connectivity index (χ3v) is 3.59. The number of methoxy groups -OCH3 is 1. The van der Waals surface area contributed by atoms with Crippen molar-refractivity contribution < 1.29 is 14.3 Å². The first-order valence-corrected chi connectivity index (χ1v) is 8.19. The van der Waals surface area contributed by atoms with Gasteiger partial charge in [0.15, 0.2) is 5.11 Å². The van der Waals surface area contributed by atoms with Gasteiger partial charge in [0.2, 0.25) is 5.91 Å². The van der Waals surface area contributed by atoms with Crippen molar-refractivity contribution in [1.82, 2.24) is 16.2 Å². The summed E-state index contributed by atoms with van der Waals surface area (Å²) in [6.45, 7) is 1.99. The topological polar surface area (TPSA) is 79.5 Å². The fourth-order valence-electron chi connectivity index (χ4n) is 2.05. The number of hydrogen-bond acceptors (Lipinski definition) is 4. The molecule has 2 aromatic rings. The summed E-state index contributed by atoms with van der Waals surface area (Å²) in [5.74, 6) is -0.411. The highest BCUT2D eigenvalue weighted by Gasteiger charge is 2.11. The van der Waals surface area contributed by atoms with Crippen molar-refractivity contribution in [3.05, 3.63) is 71.3 Å². The van der Waals surface area contributed by atoms with E-state index in [4.69, 9.17) is 17.0 Å². The van der Waals surface area contributed by atoms with E-state index in [1.54, 1.807) is 30.3 Å². The molecule has 2 aromatic carbocycles. The van der Waals surface area contributed by atoms with Crippen LogP contribution in [-0.4, -0.2) is 24.0 Å². The third-order valence-electron chi connectivity index (χ3n) is 3.38. The summed E-state index contributed by atoms with van der Waals surface area (Å²) in [6, 6.07) is 14.5. The fourth-order valence-corrected chi connectivity index (χ4v) is 2.20. The molecular formula is C19H19N3O3S. The number of nitrogens with one attached hydrogen (secondary N) is 3. The van der Waals surface area contributed by atoms with E-state index in [1.165, 1.54) is 13.2 Å². The molecule has 0 spiro atoms. The Hall–Kier alpha value is -3.19. The maximum atomic E-state index is 12.1. The van der Waals surface area contributed by atoms with Gasteiger partial charge < -0.3 is 4.74 Å². The van der Waals surface area contributed by atoms with Crippen LogP contribution in [0.25, 0.3) is 6.08 Å². The van der Waals surface area contributed by atoms with Crippen molar-refractivity contribution in [1.29, 1.82) is 0 Å².